The predicted molar refractivity (Wildman–Crippen MR) is 103 cm³/mol. The standard InChI is InChI=1S/C17H12N2O6S2/c1-9-6-10(2-4-12(9)19(23)24)13-5-3-11(25-13)7-14-16(22)18(8-15(20)21)17(26)27-14/h2-7H,8H2,1H3,(H,20,21)/b14-7+. The fourth-order valence-electron chi connectivity index (χ4n) is 2.50. The summed E-state index contributed by atoms with van der Waals surface area (Å²) in [5, 5.41) is 19.8. The van der Waals surface area contributed by atoms with Crippen LogP contribution in [0.4, 0.5) is 5.69 Å². The van der Waals surface area contributed by atoms with Gasteiger partial charge < -0.3 is 9.52 Å². The van der Waals surface area contributed by atoms with Crippen molar-refractivity contribution in [1.29, 1.82) is 0 Å². The SMILES string of the molecule is Cc1cc(-c2ccc(/C=C3/SC(=S)N(CC(=O)O)C3=O)o2)ccc1[N+](=O)[O-]. The second-order valence-corrected chi connectivity index (χ2v) is 7.30. The maximum absolute atomic E-state index is 12.3. The molecule has 0 bridgehead atoms. The van der Waals surface area contributed by atoms with Crippen LogP contribution in [0.3, 0.4) is 0 Å². The zero-order valence-corrected chi connectivity index (χ0v) is 15.5. The summed E-state index contributed by atoms with van der Waals surface area (Å²) >= 11 is 6.04. The quantitative estimate of drug-likeness (QED) is 0.349. The molecule has 3 rings (SSSR count). The number of carbonyl (C=O) groups excluding carboxylic acids is 1. The molecule has 0 saturated carbocycles. The van der Waals surface area contributed by atoms with Gasteiger partial charge in [0.2, 0.25) is 0 Å². The summed E-state index contributed by atoms with van der Waals surface area (Å²) < 4.78 is 5.87. The highest BCUT2D eigenvalue weighted by atomic mass is 32.2. The van der Waals surface area contributed by atoms with E-state index in [9.17, 15) is 19.7 Å². The number of aryl methyl sites for hydroxylation is 1. The summed E-state index contributed by atoms with van der Waals surface area (Å²) in [6.07, 6.45) is 1.49. The Bertz CT molecular complexity index is 1010. The number of furan rings is 1. The number of amides is 1. The molecular weight excluding hydrogens is 392 g/mol. The molecule has 1 aromatic carbocycles. The normalized spacial score (nSPS) is 15.6. The fraction of sp³-hybridized carbons (Fsp3) is 0.118. The van der Waals surface area contributed by atoms with Gasteiger partial charge >= 0.3 is 5.97 Å². The molecule has 8 nitrogen and oxygen atoms in total. The lowest BCUT2D eigenvalue weighted by molar-refractivity contribution is -0.385. The average molecular weight is 404 g/mol. The Morgan fingerprint density at radius 2 is 2.15 bits per heavy atom. The number of rotatable bonds is 5. The van der Waals surface area contributed by atoms with Crippen LogP contribution in [0.5, 0.6) is 0 Å². The molecule has 1 fully saturated rings. The van der Waals surface area contributed by atoms with Crippen molar-refractivity contribution in [2.24, 2.45) is 0 Å². The first-order chi connectivity index (χ1) is 12.8. The Kier molecular flexibility index (Phi) is 5.10. The number of nitrogens with zero attached hydrogens (tertiary/aromatic N) is 2. The molecule has 0 radical (unpaired) electrons. The van der Waals surface area contributed by atoms with Gasteiger partial charge in [-0.15, -0.1) is 0 Å². The van der Waals surface area contributed by atoms with Gasteiger partial charge in [0.05, 0.1) is 9.83 Å². The first kappa shape index (κ1) is 18.8. The van der Waals surface area contributed by atoms with E-state index in [4.69, 9.17) is 21.7 Å². The van der Waals surface area contributed by atoms with Gasteiger partial charge in [0, 0.05) is 23.3 Å². The lowest BCUT2D eigenvalue weighted by Gasteiger charge is -2.09. The van der Waals surface area contributed by atoms with Crippen LogP contribution in [0.25, 0.3) is 17.4 Å². The van der Waals surface area contributed by atoms with E-state index in [0.717, 1.165) is 16.7 Å². The molecule has 10 heteroatoms. The number of benzene rings is 1. The van der Waals surface area contributed by atoms with Gasteiger partial charge in [0.1, 0.15) is 22.4 Å². The van der Waals surface area contributed by atoms with Gasteiger partial charge in [-0.3, -0.25) is 24.6 Å². The molecule has 2 heterocycles. The molecule has 2 aromatic rings. The second kappa shape index (κ2) is 7.33. The van der Waals surface area contributed by atoms with Crippen LogP contribution >= 0.6 is 24.0 Å². The summed E-state index contributed by atoms with van der Waals surface area (Å²) in [4.78, 5) is 34.8. The summed E-state index contributed by atoms with van der Waals surface area (Å²) in [6.45, 7) is 1.15. The van der Waals surface area contributed by atoms with Crippen molar-refractivity contribution in [2.75, 3.05) is 6.54 Å². The number of thioether (sulfide) groups is 1. The molecule has 1 saturated heterocycles. The molecule has 0 spiro atoms. The minimum atomic E-state index is -1.15. The minimum absolute atomic E-state index is 0.0210. The predicted octanol–water partition coefficient (Wildman–Crippen LogP) is 3.45. The summed E-state index contributed by atoms with van der Waals surface area (Å²) in [6, 6.07) is 7.97. The van der Waals surface area contributed by atoms with Crippen molar-refractivity contribution in [3.8, 4) is 11.3 Å². The number of aliphatic carboxylic acids is 1. The number of nitro groups is 1. The Labute approximate surface area is 162 Å². The van der Waals surface area contributed by atoms with Crippen LogP contribution in [-0.4, -0.2) is 37.7 Å². The van der Waals surface area contributed by atoms with Gasteiger partial charge in [0.15, 0.2) is 0 Å². The zero-order chi connectivity index (χ0) is 19.7. The van der Waals surface area contributed by atoms with Crippen molar-refractivity contribution in [1.82, 2.24) is 4.90 Å². The number of carboxylic acids is 1. The smallest absolute Gasteiger partial charge is 0.323 e. The molecule has 0 aliphatic carbocycles. The number of hydrogen-bond acceptors (Lipinski definition) is 7. The van der Waals surface area contributed by atoms with E-state index in [1.807, 2.05) is 0 Å². The average Bonchev–Trinajstić information content (AvgIpc) is 3.15. The molecule has 0 unspecified atom stereocenters. The summed E-state index contributed by atoms with van der Waals surface area (Å²) in [5.41, 5.74) is 1.19. The molecule has 0 atom stereocenters. The molecule has 138 valence electrons. The topological polar surface area (TPSA) is 114 Å². The molecule has 27 heavy (non-hydrogen) atoms. The van der Waals surface area contributed by atoms with E-state index in [2.05, 4.69) is 0 Å². The highest BCUT2D eigenvalue weighted by Gasteiger charge is 2.33. The van der Waals surface area contributed by atoms with Crippen LogP contribution in [-0.2, 0) is 9.59 Å². The fourth-order valence-corrected chi connectivity index (χ4v) is 3.74. The van der Waals surface area contributed by atoms with Gasteiger partial charge in [-0.2, -0.15) is 0 Å². The van der Waals surface area contributed by atoms with E-state index >= 15 is 0 Å². The Morgan fingerprint density at radius 1 is 1.41 bits per heavy atom. The van der Waals surface area contributed by atoms with Crippen molar-refractivity contribution < 1.29 is 24.0 Å². The lowest BCUT2D eigenvalue weighted by atomic mass is 10.1. The maximum atomic E-state index is 12.3. The van der Waals surface area contributed by atoms with E-state index in [1.165, 1.54) is 12.1 Å². The molecule has 1 aliphatic rings. The van der Waals surface area contributed by atoms with Crippen LogP contribution in [0.2, 0.25) is 0 Å². The van der Waals surface area contributed by atoms with Crippen molar-refractivity contribution in [2.45, 2.75) is 6.92 Å². The third-order valence-electron chi connectivity index (χ3n) is 3.75. The molecule has 1 N–H and O–H groups in total. The number of carboxylic acid groups (broad SMARTS) is 1. The zero-order valence-electron chi connectivity index (χ0n) is 13.9. The highest BCUT2D eigenvalue weighted by Crippen LogP contribution is 2.34. The number of nitro benzene ring substituents is 1. The van der Waals surface area contributed by atoms with E-state index < -0.39 is 23.3 Å². The monoisotopic (exact) mass is 404 g/mol. The first-order valence-corrected chi connectivity index (χ1v) is 8.81. The molecule has 1 aromatic heterocycles. The van der Waals surface area contributed by atoms with E-state index in [0.29, 0.717) is 22.6 Å². The Hall–Kier alpha value is -2.98. The number of carbonyl (C=O) groups is 2. The van der Waals surface area contributed by atoms with Crippen molar-refractivity contribution in [3.05, 3.63) is 56.7 Å². The lowest BCUT2D eigenvalue weighted by Crippen LogP contribution is -2.33. The van der Waals surface area contributed by atoms with E-state index in [1.54, 1.807) is 31.2 Å². The van der Waals surface area contributed by atoms with Crippen LogP contribution < -0.4 is 0 Å². The van der Waals surface area contributed by atoms with Crippen molar-refractivity contribution in [3.63, 3.8) is 0 Å². The molecule has 1 aliphatic heterocycles. The second-order valence-electron chi connectivity index (χ2n) is 5.62. The summed E-state index contributed by atoms with van der Waals surface area (Å²) in [5.74, 6) is -0.769. The highest BCUT2D eigenvalue weighted by molar-refractivity contribution is 8.26. The van der Waals surface area contributed by atoms with Crippen LogP contribution in [0.15, 0.2) is 39.7 Å². The number of thiocarbonyl (C=S) groups is 1. The third kappa shape index (κ3) is 3.91. The van der Waals surface area contributed by atoms with Gasteiger partial charge in [-0.1, -0.05) is 24.0 Å². The van der Waals surface area contributed by atoms with Crippen LogP contribution in [0.1, 0.15) is 11.3 Å². The maximum Gasteiger partial charge on any atom is 0.323 e. The minimum Gasteiger partial charge on any atom is -0.480 e. The molecular formula is C17H12N2O6S2. The van der Waals surface area contributed by atoms with Gasteiger partial charge in [0.25, 0.3) is 11.6 Å². The Morgan fingerprint density at radius 3 is 2.78 bits per heavy atom. The molecule has 1 amide bonds. The van der Waals surface area contributed by atoms with Crippen molar-refractivity contribution >= 4 is 51.9 Å². The largest absolute Gasteiger partial charge is 0.480 e. The third-order valence-corrected chi connectivity index (χ3v) is 5.12. The van der Waals surface area contributed by atoms with E-state index in [-0.39, 0.29) is 14.9 Å². The Balaban J connectivity index is 1.84. The van der Waals surface area contributed by atoms with Gasteiger partial charge in [-0.05, 0) is 31.2 Å². The van der Waals surface area contributed by atoms with Gasteiger partial charge in [-0.25, -0.2) is 0 Å². The summed E-state index contributed by atoms with van der Waals surface area (Å²) in [7, 11) is 0. The van der Waals surface area contributed by atoms with Crippen LogP contribution in [0, 0.1) is 17.0 Å². The number of hydrogen-bond donors (Lipinski definition) is 1. The first-order valence-electron chi connectivity index (χ1n) is 7.58.